The fourth-order valence-corrected chi connectivity index (χ4v) is 9.49. The van der Waals surface area contributed by atoms with E-state index >= 15 is 0 Å². The number of rotatable bonds is 6. The smallest absolute Gasteiger partial charge is 0.164 e. The molecular formula is C56H35N3O. The first-order valence-electron chi connectivity index (χ1n) is 20.3. The van der Waals surface area contributed by atoms with Gasteiger partial charge in [-0.2, -0.15) is 0 Å². The monoisotopic (exact) mass is 765 g/mol. The second kappa shape index (κ2) is 13.6. The minimum atomic E-state index is -0.496. The van der Waals surface area contributed by atoms with Crippen LogP contribution < -0.4 is 0 Å². The molecule has 0 aliphatic heterocycles. The maximum atomic E-state index is 6.75. The molecule has 11 aromatic rings. The number of benzene rings is 9. The predicted molar refractivity (Wildman–Crippen MR) is 244 cm³/mol. The minimum absolute atomic E-state index is 0.496. The first-order chi connectivity index (χ1) is 29.7. The quantitative estimate of drug-likeness (QED) is 0.169. The highest BCUT2D eigenvalue weighted by Gasteiger charge is 2.46. The molecule has 2 aromatic heterocycles. The zero-order chi connectivity index (χ0) is 39.6. The second-order valence-corrected chi connectivity index (χ2v) is 15.5. The van der Waals surface area contributed by atoms with Gasteiger partial charge < -0.3 is 4.42 Å². The van der Waals surface area contributed by atoms with Crippen LogP contribution >= 0.6 is 0 Å². The summed E-state index contributed by atoms with van der Waals surface area (Å²) < 4.78 is 6.75. The van der Waals surface area contributed by atoms with Gasteiger partial charge in [0.05, 0.1) is 5.41 Å². The minimum Gasteiger partial charge on any atom is -0.456 e. The maximum Gasteiger partial charge on any atom is 0.164 e. The lowest BCUT2D eigenvalue weighted by atomic mass is 9.67. The van der Waals surface area contributed by atoms with E-state index in [1.54, 1.807) is 0 Å². The van der Waals surface area contributed by atoms with Crippen molar-refractivity contribution in [3.05, 3.63) is 235 Å². The molecule has 2 heterocycles. The van der Waals surface area contributed by atoms with Gasteiger partial charge in [0.1, 0.15) is 11.2 Å². The summed E-state index contributed by atoms with van der Waals surface area (Å²) in [6.45, 7) is 0. The Balaban J connectivity index is 1.02. The van der Waals surface area contributed by atoms with Crippen LogP contribution in [0.3, 0.4) is 0 Å². The van der Waals surface area contributed by atoms with Gasteiger partial charge in [0.15, 0.2) is 17.5 Å². The van der Waals surface area contributed by atoms with Crippen LogP contribution in [0.25, 0.3) is 89.1 Å². The molecule has 0 radical (unpaired) electrons. The molecule has 280 valence electrons. The molecule has 0 bridgehead atoms. The molecule has 4 heteroatoms. The summed E-state index contributed by atoms with van der Waals surface area (Å²) in [5.74, 6) is 1.90. The molecule has 1 aliphatic carbocycles. The van der Waals surface area contributed by atoms with E-state index in [0.29, 0.717) is 17.5 Å². The summed E-state index contributed by atoms with van der Waals surface area (Å²) in [6.07, 6.45) is 0. The zero-order valence-corrected chi connectivity index (χ0v) is 32.5. The van der Waals surface area contributed by atoms with Gasteiger partial charge >= 0.3 is 0 Å². The van der Waals surface area contributed by atoms with E-state index in [0.717, 1.165) is 60.5 Å². The van der Waals surface area contributed by atoms with Gasteiger partial charge in [0.25, 0.3) is 0 Å². The molecule has 60 heavy (non-hydrogen) atoms. The van der Waals surface area contributed by atoms with Crippen LogP contribution in [-0.4, -0.2) is 15.0 Å². The van der Waals surface area contributed by atoms with Crippen molar-refractivity contribution in [1.82, 2.24) is 15.0 Å². The molecule has 0 spiro atoms. The van der Waals surface area contributed by atoms with Gasteiger partial charge in [0.2, 0.25) is 0 Å². The molecule has 0 saturated carbocycles. The summed E-state index contributed by atoms with van der Waals surface area (Å²) in [6, 6.07) is 75.2. The molecule has 0 fully saturated rings. The SMILES string of the molecule is c1ccc(-c2nc(-c3ccccc3)nc(-c3cc(-c4ccc5oc6cc(C7(c8ccccc8)c8ccccc8-c8ccccc87)ccc6c5c4)cc4ccccc34)n2)cc1. The fourth-order valence-electron chi connectivity index (χ4n) is 9.49. The summed E-state index contributed by atoms with van der Waals surface area (Å²) in [5.41, 5.74) is 13.7. The van der Waals surface area contributed by atoms with Crippen molar-refractivity contribution < 1.29 is 4.42 Å². The third kappa shape index (κ3) is 5.28. The third-order valence-corrected chi connectivity index (χ3v) is 12.2. The molecule has 0 amide bonds. The molecule has 0 saturated heterocycles. The zero-order valence-electron chi connectivity index (χ0n) is 32.5. The number of hydrogen-bond donors (Lipinski definition) is 0. The van der Waals surface area contributed by atoms with E-state index < -0.39 is 5.41 Å². The first-order valence-corrected chi connectivity index (χ1v) is 20.3. The fraction of sp³-hybridized carbons (Fsp3) is 0.0179. The van der Waals surface area contributed by atoms with Crippen molar-refractivity contribution in [3.63, 3.8) is 0 Å². The topological polar surface area (TPSA) is 51.8 Å². The number of fused-ring (bicyclic) bond motifs is 7. The molecule has 9 aromatic carbocycles. The van der Waals surface area contributed by atoms with Crippen molar-refractivity contribution in [3.8, 4) is 56.4 Å². The predicted octanol–water partition coefficient (Wildman–Crippen LogP) is 14.0. The molecule has 0 unspecified atom stereocenters. The van der Waals surface area contributed by atoms with Crippen LogP contribution in [0, 0.1) is 0 Å². The normalized spacial score (nSPS) is 12.8. The van der Waals surface area contributed by atoms with Gasteiger partial charge in [-0.05, 0) is 85.6 Å². The largest absolute Gasteiger partial charge is 0.456 e. The number of aromatic nitrogens is 3. The Labute approximate surface area is 347 Å². The number of hydrogen-bond acceptors (Lipinski definition) is 4. The average molecular weight is 766 g/mol. The lowest BCUT2D eigenvalue weighted by molar-refractivity contribution is 0.665. The van der Waals surface area contributed by atoms with Gasteiger partial charge in [0, 0.05) is 27.5 Å². The van der Waals surface area contributed by atoms with Crippen molar-refractivity contribution in [1.29, 1.82) is 0 Å². The van der Waals surface area contributed by atoms with Gasteiger partial charge in [-0.3, -0.25) is 0 Å². The van der Waals surface area contributed by atoms with Crippen molar-refractivity contribution in [2.45, 2.75) is 5.41 Å². The van der Waals surface area contributed by atoms with Crippen LogP contribution in [0.15, 0.2) is 217 Å². The van der Waals surface area contributed by atoms with Crippen LogP contribution in [0.1, 0.15) is 22.3 Å². The number of nitrogens with zero attached hydrogens (tertiary/aromatic N) is 3. The van der Waals surface area contributed by atoms with Crippen LogP contribution in [0.4, 0.5) is 0 Å². The van der Waals surface area contributed by atoms with E-state index in [1.807, 2.05) is 60.7 Å². The average Bonchev–Trinajstić information content (AvgIpc) is 3.85. The van der Waals surface area contributed by atoms with E-state index in [9.17, 15) is 0 Å². The standard InChI is InChI=1S/C56H35N3O/c1-4-16-36(17-5-1)53-57-54(37-18-6-2-7-19-37)59-55(58-53)48-34-40(32-39-20-10-11-23-43(39)48)38-28-31-51-47(33-38)46-30-29-42(35-52(46)60-51)56(41-21-8-3-9-22-41)49-26-14-12-24-44(49)45-25-13-15-27-50(45)56/h1-35H. The van der Waals surface area contributed by atoms with E-state index in [-0.39, 0.29) is 0 Å². The van der Waals surface area contributed by atoms with Gasteiger partial charge in [-0.1, -0.05) is 182 Å². The second-order valence-electron chi connectivity index (χ2n) is 15.5. The third-order valence-electron chi connectivity index (χ3n) is 12.2. The first kappa shape index (κ1) is 34.1. The van der Waals surface area contributed by atoms with Gasteiger partial charge in [-0.25, -0.2) is 15.0 Å². The van der Waals surface area contributed by atoms with Crippen molar-refractivity contribution >= 4 is 32.7 Å². The lowest BCUT2D eigenvalue weighted by Gasteiger charge is -2.33. The van der Waals surface area contributed by atoms with Crippen molar-refractivity contribution in [2.75, 3.05) is 0 Å². The Bertz CT molecular complexity index is 3330. The van der Waals surface area contributed by atoms with Gasteiger partial charge in [-0.15, -0.1) is 0 Å². The molecular weight excluding hydrogens is 731 g/mol. The van der Waals surface area contributed by atoms with Crippen LogP contribution in [0.5, 0.6) is 0 Å². The summed E-state index contributed by atoms with van der Waals surface area (Å²) in [5, 5.41) is 4.34. The highest BCUT2D eigenvalue weighted by atomic mass is 16.3. The Morgan fingerprint density at radius 1 is 0.317 bits per heavy atom. The van der Waals surface area contributed by atoms with Crippen LogP contribution in [0.2, 0.25) is 0 Å². The Kier molecular flexibility index (Phi) is 7.72. The summed E-state index contributed by atoms with van der Waals surface area (Å²) >= 11 is 0. The van der Waals surface area contributed by atoms with E-state index in [4.69, 9.17) is 19.4 Å². The molecule has 0 N–H and O–H groups in total. The Hall–Kier alpha value is -7.95. The Morgan fingerprint density at radius 2 is 0.900 bits per heavy atom. The van der Waals surface area contributed by atoms with Crippen molar-refractivity contribution in [2.24, 2.45) is 0 Å². The van der Waals surface area contributed by atoms with Crippen LogP contribution in [-0.2, 0) is 5.41 Å². The van der Waals surface area contributed by atoms with E-state index in [1.165, 1.54) is 33.4 Å². The number of furan rings is 1. The highest BCUT2D eigenvalue weighted by Crippen LogP contribution is 2.56. The highest BCUT2D eigenvalue weighted by molar-refractivity contribution is 6.07. The molecule has 4 nitrogen and oxygen atoms in total. The molecule has 1 aliphatic rings. The molecule has 0 atom stereocenters. The lowest BCUT2D eigenvalue weighted by Crippen LogP contribution is -2.28. The Morgan fingerprint density at radius 3 is 1.58 bits per heavy atom. The summed E-state index contributed by atoms with van der Waals surface area (Å²) in [7, 11) is 0. The molecule has 12 rings (SSSR count). The maximum absolute atomic E-state index is 6.75. The summed E-state index contributed by atoms with van der Waals surface area (Å²) in [4.78, 5) is 15.2. The van der Waals surface area contributed by atoms with E-state index in [2.05, 4.69) is 152 Å².